The molecule has 0 aromatic carbocycles. The van der Waals surface area contributed by atoms with Crippen molar-refractivity contribution >= 4 is 14.2 Å². The second-order valence-corrected chi connectivity index (χ2v) is 13.3. The molecule has 0 aliphatic rings. The second-order valence-electron chi connectivity index (χ2n) is 8.55. The average Bonchev–Trinajstić information content (AvgIpc) is 2.46. The minimum atomic E-state index is -1.94. The zero-order valence-corrected chi connectivity index (χ0v) is 18.1. The molecule has 0 saturated heterocycles. The number of amides is 1. The maximum atomic E-state index is 11.7. The summed E-state index contributed by atoms with van der Waals surface area (Å²) in [5.41, 5.74) is 5.56. The zero-order valence-electron chi connectivity index (χ0n) is 17.1. The van der Waals surface area contributed by atoms with E-state index in [0.717, 1.165) is 19.3 Å². The molecule has 0 aromatic heterocycles. The molecule has 143 valence electrons. The molecule has 0 unspecified atom stereocenters. The Bertz CT molecular complexity index is 337. The lowest BCUT2D eigenvalue weighted by molar-refractivity contribution is -0.125. The first kappa shape index (κ1) is 23.6. The first-order valence-electron chi connectivity index (χ1n) is 9.90. The summed E-state index contributed by atoms with van der Waals surface area (Å²) in [5.74, 6) is -0.303. The van der Waals surface area contributed by atoms with Crippen LogP contribution >= 0.6 is 0 Å². The van der Waals surface area contributed by atoms with E-state index in [2.05, 4.69) is 47.2 Å². The van der Waals surface area contributed by atoms with Gasteiger partial charge in [-0.05, 0) is 31.0 Å². The van der Waals surface area contributed by atoms with E-state index in [-0.39, 0.29) is 10.9 Å². The molecule has 0 aliphatic heterocycles. The number of unbranched alkanes of at least 4 members (excludes halogenated alkanes) is 9. The quantitative estimate of drug-likeness (QED) is 0.307. The molecule has 1 amide bonds. The summed E-state index contributed by atoms with van der Waals surface area (Å²) in [7, 11) is -1.94. The van der Waals surface area contributed by atoms with Crippen LogP contribution in [0.2, 0.25) is 18.1 Å². The Morgan fingerprint density at radius 1 is 1.04 bits per heavy atom. The lowest BCUT2D eigenvalue weighted by Crippen LogP contribution is -2.47. The highest BCUT2D eigenvalue weighted by Gasteiger charge is 2.40. The Kier molecular flexibility index (Phi) is 11.9. The van der Waals surface area contributed by atoms with Crippen molar-refractivity contribution in [3.63, 3.8) is 0 Å². The molecule has 24 heavy (non-hydrogen) atoms. The van der Waals surface area contributed by atoms with E-state index >= 15 is 0 Å². The van der Waals surface area contributed by atoms with Gasteiger partial charge in [0.1, 0.15) is 6.10 Å². The van der Waals surface area contributed by atoms with Gasteiger partial charge < -0.3 is 10.2 Å². The van der Waals surface area contributed by atoms with Crippen LogP contribution in [0.1, 0.15) is 91.9 Å². The highest BCUT2D eigenvalue weighted by atomic mass is 28.4. The van der Waals surface area contributed by atoms with E-state index in [9.17, 15) is 4.79 Å². The van der Waals surface area contributed by atoms with Crippen LogP contribution in [-0.4, -0.2) is 20.3 Å². The standard InChI is InChI=1S/C20H42NO2Si/c1-7-8-9-10-11-12-13-14-15-16-17-18(19(21)22)23-24(5,6)20(2,3)4/h12,18H,7-11,13-17H2,1-6H3,(H2,21,22)/t18-/m1/s1. The molecule has 4 heteroatoms. The van der Waals surface area contributed by atoms with Gasteiger partial charge in [-0.25, -0.2) is 0 Å². The van der Waals surface area contributed by atoms with E-state index in [0.29, 0.717) is 0 Å². The average molecular weight is 357 g/mol. The number of hydrogen-bond donors (Lipinski definition) is 1. The minimum absolute atomic E-state index is 0.105. The van der Waals surface area contributed by atoms with Gasteiger partial charge >= 0.3 is 0 Å². The van der Waals surface area contributed by atoms with Crippen LogP contribution in [0.25, 0.3) is 0 Å². The number of primary amides is 1. The summed E-state index contributed by atoms with van der Waals surface area (Å²) in [5, 5.41) is 0.105. The van der Waals surface area contributed by atoms with Crippen molar-refractivity contribution in [2.75, 3.05) is 0 Å². The van der Waals surface area contributed by atoms with Crippen LogP contribution in [0.15, 0.2) is 0 Å². The van der Waals surface area contributed by atoms with E-state index in [1.54, 1.807) is 0 Å². The number of nitrogens with two attached hydrogens (primary N) is 1. The van der Waals surface area contributed by atoms with Crippen molar-refractivity contribution in [2.45, 2.75) is 116 Å². The molecule has 0 aliphatic carbocycles. The third kappa shape index (κ3) is 10.5. The van der Waals surface area contributed by atoms with Crippen LogP contribution in [0.3, 0.4) is 0 Å². The van der Waals surface area contributed by atoms with Crippen molar-refractivity contribution in [3.05, 3.63) is 6.42 Å². The molecule has 2 N–H and O–H groups in total. The Balaban J connectivity index is 3.90. The molecule has 1 atom stereocenters. The first-order chi connectivity index (χ1) is 11.1. The predicted molar refractivity (Wildman–Crippen MR) is 107 cm³/mol. The van der Waals surface area contributed by atoms with Crippen molar-refractivity contribution in [1.82, 2.24) is 0 Å². The third-order valence-corrected chi connectivity index (χ3v) is 9.68. The van der Waals surface area contributed by atoms with Gasteiger partial charge in [0.05, 0.1) is 0 Å². The van der Waals surface area contributed by atoms with Crippen LogP contribution < -0.4 is 5.73 Å². The fourth-order valence-corrected chi connectivity index (χ4v) is 3.75. The molecule has 0 spiro atoms. The fraction of sp³-hybridized carbons (Fsp3) is 0.900. The second kappa shape index (κ2) is 12.1. The Labute approximate surface area is 152 Å². The van der Waals surface area contributed by atoms with Crippen LogP contribution in [0.4, 0.5) is 0 Å². The molecular formula is C20H42NO2Si. The molecule has 0 fully saturated rings. The smallest absolute Gasteiger partial charge is 0.245 e. The number of rotatable bonds is 14. The van der Waals surface area contributed by atoms with Crippen LogP contribution in [0, 0.1) is 6.42 Å². The summed E-state index contributed by atoms with van der Waals surface area (Å²) in [6.45, 7) is 13.2. The Morgan fingerprint density at radius 2 is 1.58 bits per heavy atom. The topological polar surface area (TPSA) is 52.3 Å². The van der Waals surface area contributed by atoms with Crippen LogP contribution in [0.5, 0.6) is 0 Å². The highest BCUT2D eigenvalue weighted by molar-refractivity contribution is 6.74. The van der Waals surface area contributed by atoms with Gasteiger partial charge in [0.25, 0.3) is 0 Å². The highest BCUT2D eigenvalue weighted by Crippen LogP contribution is 2.37. The monoisotopic (exact) mass is 356 g/mol. The van der Waals surface area contributed by atoms with E-state index < -0.39 is 14.4 Å². The number of hydrogen-bond acceptors (Lipinski definition) is 2. The van der Waals surface area contributed by atoms with Gasteiger partial charge in [-0.1, -0.05) is 85.5 Å². The van der Waals surface area contributed by atoms with Gasteiger partial charge in [-0.15, -0.1) is 0 Å². The largest absolute Gasteiger partial charge is 0.405 e. The molecule has 0 bridgehead atoms. The predicted octanol–water partition coefficient (Wildman–Crippen LogP) is 5.99. The molecule has 0 aromatic rings. The molecular weight excluding hydrogens is 314 g/mol. The van der Waals surface area contributed by atoms with Crippen molar-refractivity contribution in [2.24, 2.45) is 5.73 Å². The normalized spacial score (nSPS) is 13.9. The summed E-state index contributed by atoms with van der Waals surface area (Å²) in [6, 6.07) is 0. The van der Waals surface area contributed by atoms with Gasteiger partial charge in [0, 0.05) is 0 Å². The lowest BCUT2D eigenvalue weighted by atomic mass is 10.0. The van der Waals surface area contributed by atoms with E-state index in [1.165, 1.54) is 44.9 Å². The first-order valence-corrected chi connectivity index (χ1v) is 12.8. The van der Waals surface area contributed by atoms with Gasteiger partial charge in [0.2, 0.25) is 5.91 Å². The van der Waals surface area contributed by atoms with Gasteiger partial charge in [-0.3, -0.25) is 4.79 Å². The summed E-state index contributed by atoms with van der Waals surface area (Å²) >= 11 is 0. The Morgan fingerprint density at radius 3 is 2.04 bits per heavy atom. The minimum Gasteiger partial charge on any atom is -0.405 e. The lowest BCUT2D eigenvalue weighted by Gasteiger charge is -2.38. The third-order valence-electron chi connectivity index (χ3n) is 5.20. The fourth-order valence-electron chi connectivity index (χ4n) is 2.45. The Hall–Kier alpha value is -0.353. The van der Waals surface area contributed by atoms with E-state index in [4.69, 9.17) is 10.2 Å². The number of carbonyl (C=O) groups excluding carboxylic acids is 1. The van der Waals surface area contributed by atoms with Crippen molar-refractivity contribution in [3.8, 4) is 0 Å². The number of carbonyl (C=O) groups is 1. The SMILES string of the molecule is CCCCCC[CH]CCCCC[C@@H](O[Si](C)(C)C(C)(C)C)C(N)=O. The van der Waals surface area contributed by atoms with Gasteiger partial charge in [-0.2, -0.15) is 0 Å². The van der Waals surface area contributed by atoms with E-state index in [1.807, 2.05) is 0 Å². The summed E-state index contributed by atoms with van der Waals surface area (Å²) in [6.07, 6.45) is 13.9. The molecule has 0 heterocycles. The molecule has 0 saturated carbocycles. The molecule has 0 rings (SSSR count). The van der Waals surface area contributed by atoms with Gasteiger partial charge in [0.15, 0.2) is 8.32 Å². The van der Waals surface area contributed by atoms with Crippen molar-refractivity contribution < 1.29 is 9.22 Å². The molecule has 3 nitrogen and oxygen atoms in total. The zero-order chi connectivity index (χ0) is 18.6. The maximum absolute atomic E-state index is 11.7. The maximum Gasteiger partial charge on any atom is 0.245 e. The van der Waals surface area contributed by atoms with Crippen molar-refractivity contribution in [1.29, 1.82) is 0 Å². The molecule has 1 radical (unpaired) electrons. The summed E-state index contributed by atoms with van der Waals surface area (Å²) in [4.78, 5) is 11.7. The summed E-state index contributed by atoms with van der Waals surface area (Å²) < 4.78 is 6.20. The van der Waals surface area contributed by atoms with Crippen LogP contribution in [-0.2, 0) is 9.22 Å².